The van der Waals surface area contributed by atoms with Gasteiger partial charge in [-0.3, -0.25) is 4.79 Å². The van der Waals surface area contributed by atoms with Gasteiger partial charge >= 0.3 is 0 Å². The summed E-state index contributed by atoms with van der Waals surface area (Å²) in [6, 6.07) is 13.3. The minimum Gasteiger partial charge on any atom is -0.486 e. The number of hydrogen-bond acceptors (Lipinski definition) is 3. The van der Waals surface area contributed by atoms with Gasteiger partial charge in [-0.25, -0.2) is 0 Å². The van der Waals surface area contributed by atoms with E-state index in [2.05, 4.69) is 10.2 Å². The van der Waals surface area contributed by atoms with Gasteiger partial charge in [0.05, 0.1) is 12.0 Å². The van der Waals surface area contributed by atoms with Crippen LogP contribution in [0.25, 0.3) is 0 Å². The number of carbonyl (C=O) groups excluding carboxylic acids is 1. The van der Waals surface area contributed by atoms with Crippen molar-refractivity contribution in [1.29, 1.82) is 0 Å². The van der Waals surface area contributed by atoms with E-state index in [9.17, 15) is 4.79 Å². The molecule has 0 aliphatic carbocycles. The lowest BCUT2D eigenvalue weighted by Crippen LogP contribution is -2.52. The molecular formula is C21H21ClN2O2S. The Labute approximate surface area is 169 Å². The van der Waals surface area contributed by atoms with Gasteiger partial charge in [0.15, 0.2) is 10.9 Å². The minimum absolute atomic E-state index is 0.167. The summed E-state index contributed by atoms with van der Waals surface area (Å²) in [6.07, 6.45) is 1.97. The largest absolute Gasteiger partial charge is 0.486 e. The highest BCUT2D eigenvalue weighted by Crippen LogP contribution is 2.39. The van der Waals surface area contributed by atoms with Crippen LogP contribution in [0.5, 0.6) is 5.75 Å². The van der Waals surface area contributed by atoms with E-state index in [1.54, 1.807) is 0 Å². The maximum Gasteiger partial charge on any atom is 0.173 e. The van der Waals surface area contributed by atoms with Crippen LogP contribution < -0.4 is 10.1 Å². The number of para-hydroxylation sites is 1. The summed E-state index contributed by atoms with van der Waals surface area (Å²) < 4.78 is 6.28. The molecule has 0 amide bonds. The van der Waals surface area contributed by atoms with Gasteiger partial charge in [-0.2, -0.15) is 0 Å². The van der Waals surface area contributed by atoms with Crippen LogP contribution in [0.1, 0.15) is 35.2 Å². The molecule has 4 rings (SSSR count). The fraction of sp³-hybridized carbons (Fsp3) is 0.333. The number of nitrogens with one attached hydrogen (secondary N) is 1. The first kappa shape index (κ1) is 18.3. The Hall–Kier alpha value is -2.11. The number of hydrogen-bond donors (Lipinski definition) is 1. The van der Waals surface area contributed by atoms with Crippen LogP contribution in [0.2, 0.25) is 5.02 Å². The van der Waals surface area contributed by atoms with Gasteiger partial charge in [-0.05, 0) is 49.0 Å². The number of thiocarbonyl (C=S) groups is 1. The number of aryl methyl sites for hydroxylation is 1. The number of fused-ring (bicyclic) bond motifs is 1. The molecule has 1 saturated heterocycles. The Morgan fingerprint density at radius 3 is 2.70 bits per heavy atom. The highest BCUT2D eigenvalue weighted by Gasteiger charge is 2.43. The van der Waals surface area contributed by atoms with Gasteiger partial charge in [0.1, 0.15) is 11.4 Å². The van der Waals surface area contributed by atoms with Crippen molar-refractivity contribution in [3.8, 4) is 5.75 Å². The van der Waals surface area contributed by atoms with Crippen LogP contribution in [0.4, 0.5) is 5.69 Å². The van der Waals surface area contributed by atoms with Crippen LogP contribution in [-0.2, 0) is 0 Å². The Morgan fingerprint density at radius 1 is 1.22 bits per heavy atom. The normalized spacial score (nSPS) is 18.0. The lowest BCUT2D eigenvalue weighted by molar-refractivity contribution is 0.00407. The highest BCUT2D eigenvalue weighted by molar-refractivity contribution is 7.80. The quantitative estimate of drug-likeness (QED) is 0.693. The first-order valence-electron chi connectivity index (χ1n) is 9.09. The fourth-order valence-corrected chi connectivity index (χ4v) is 4.19. The number of carbonyl (C=O) groups is 1. The summed E-state index contributed by atoms with van der Waals surface area (Å²) >= 11 is 11.8. The maximum absolute atomic E-state index is 12.5. The van der Waals surface area contributed by atoms with Crippen molar-refractivity contribution in [1.82, 2.24) is 4.90 Å². The molecule has 0 aromatic heterocycles. The average Bonchev–Trinajstić information content (AvgIpc) is 2.65. The predicted octanol–water partition coefficient (Wildman–Crippen LogP) is 4.85. The zero-order valence-electron chi connectivity index (χ0n) is 15.1. The average molecular weight is 401 g/mol. The van der Waals surface area contributed by atoms with E-state index >= 15 is 0 Å². The molecule has 0 unspecified atom stereocenters. The summed E-state index contributed by atoms with van der Waals surface area (Å²) in [5.74, 6) is 0.873. The van der Waals surface area contributed by atoms with Crippen molar-refractivity contribution in [3.05, 3.63) is 58.6 Å². The Morgan fingerprint density at radius 2 is 1.96 bits per heavy atom. The first-order chi connectivity index (χ1) is 13.0. The van der Waals surface area contributed by atoms with Gasteiger partial charge in [-0.15, -0.1) is 0 Å². The topological polar surface area (TPSA) is 41.6 Å². The standard InChI is InChI=1S/C21H21ClN2O2S/c1-14-6-7-15(12-17(14)22)23-20(27)24-10-8-21(9-11-24)13-18(25)16-4-2-3-5-19(16)26-21/h2-7,12H,8-11,13H2,1H3,(H,23,27). The molecule has 1 spiro atoms. The van der Waals surface area contributed by atoms with Crippen LogP contribution in [0.15, 0.2) is 42.5 Å². The zero-order chi connectivity index (χ0) is 19.0. The molecule has 2 aromatic rings. The number of piperidine rings is 1. The molecule has 2 aromatic carbocycles. The third-order valence-corrected chi connectivity index (χ3v) is 6.15. The Balaban J connectivity index is 1.41. The van der Waals surface area contributed by atoms with E-state index in [0.29, 0.717) is 27.9 Å². The van der Waals surface area contributed by atoms with Crippen molar-refractivity contribution >= 4 is 40.4 Å². The van der Waals surface area contributed by atoms with E-state index in [4.69, 9.17) is 28.6 Å². The SMILES string of the molecule is Cc1ccc(NC(=S)N2CCC3(CC2)CC(=O)c2ccccc2O3)cc1Cl. The maximum atomic E-state index is 12.5. The molecule has 0 saturated carbocycles. The molecule has 6 heteroatoms. The third-order valence-electron chi connectivity index (χ3n) is 5.38. The molecule has 0 radical (unpaired) electrons. The molecule has 0 atom stereocenters. The van der Waals surface area contributed by atoms with E-state index in [1.807, 2.05) is 49.4 Å². The summed E-state index contributed by atoms with van der Waals surface area (Å²) in [5, 5.41) is 4.65. The summed E-state index contributed by atoms with van der Waals surface area (Å²) in [6.45, 7) is 3.47. The van der Waals surface area contributed by atoms with Crippen LogP contribution >= 0.6 is 23.8 Å². The number of anilines is 1. The monoisotopic (exact) mass is 400 g/mol. The molecular weight excluding hydrogens is 380 g/mol. The third kappa shape index (κ3) is 3.66. The van der Waals surface area contributed by atoms with Crippen molar-refractivity contribution in [3.63, 3.8) is 0 Å². The second-order valence-electron chi connectivity index (χ2n) is 7.26. The first-order valence-corrected chi connectivity index (χ1v) is 9.88. The zero-order valence-corrected chi connectivity index (χ0v) is 16.7. The number of nitrogens with zero attached hydrogens (tertiary/aromatic N) is 1. The van der Waals surface area contributed by atoms with Crippen LogP contribution in [0, 0.1) is 6.92 Å². The van der Waals surface area contributed by atoms with Crippen LogP contribution in [0.3, 0.4) is 0 Å². The Bertz CT molecular complexity index is 907. The molecule has 2 aliphatic heterocycles. The van der Waals surface area contributed by atoms with Crippen molar-refractivity contribution < 1.29 is 9.53 Å². The number of halogens is 1. The molecule has 1 N–H and O–H groups in total. The van der Waals surface area contributed by atoms with Crippen molar-refractivity contribution in [2.24, 2.45) is 0 Å². The van der Waals surface area contributed by atoms with E-state index in [0.717, 1.165) is 37.2 Å². The predicted molar refractivity (Wildman–Crippen MR) is 112 cm³/mol. The summed E-state index contributed by atoms with van der Waals surface area (Å²) in [5.41, 5.74) is 2.20. The summed E-state index contributed by atoms with van der Waals surface area (Å²) in [7, 11) is 0. The van der Waals surface area contributed by atoms with Gasteiger partial charge in [-0.1, -0.05) is 29.8 Å². The van der Waals surface area contributed by atoms with Gasteiger partial charge in [0.2, 0.25) is 0 Å². The highest BCUT2D eigenvalue weighted by atomic mass is 35.5. The smallest absolute Gasteiger partial charge is 0.173 e. The molecule has 140 valence electrons. The lowest BCUT2D eigenvalue weighted by Gasteiger charge is -2.44. The molecule has 2 heterocycles. The molecule has 0 bridgehead atoms. The minimum atomic E-state index is -0.412. The number of Topliss-reactive ketones (excluding diaryl/α,β-unsaturated/α-hetero) is 1. The van der Waals surface area contributed by atoms with Crippen LogP contribution in [-0.4, -0.2) is 34.5 Å². The van der Waals surface area contributed by atoms with Gasteiger partial charge < -0.3 is 15.0 Å². The lowest BCUT2D eigenvalue weighted by atomic mass is 9.82. The number of ether oxygens (including phenoxy) is 1. The van der Waals surface area contributed by atoms with Gasteiger partial charge in [0, 0.05) is 36.6 Å². The van der Waals surface area contributed by atoms with E-state index in [-0.39, 0.29) is 5.78 Å². The van der Waals surface area contributed by atoms with Gasteiger partial charge in [0.25, 0.3) is 0 Å². The second-order valence-corrected chi connectivity index (χ2v) is 8.06. The molecule has 4 nitrogen and oxygen atoms in total. The number of rotatable bonds is 1. The number of ketones is 1. The summed E-state index contributed by atoms with van der Waals surface area (Å²) in [4.78, 5) is 14.7. The van der Waals surface area contributed by atoms with Crippen molar-refractivity contribution in [2.75, 3.05) is 18.4 Å². The molecule has 27 heavy (non-hydrogen) atoms. The fourth-order valence-electron chi connectivity index (χ4n) is 3.71. The Kier molecular flexibility index (Phi) is 4.82. The van der Waals surface area contributed by atoms with E-state index in [1.165, 1.54) is 0 Å². The number of likely N-dealkylation sites (tertiary alicyclic amines) is 1. The second kappa shape index (κ2) is 7.13. The number of benzene rings is 2. The van der Waals surface area contributed by atoms with Crippen molar-refractivity contribution in [2.45, 2.75) is 31.8 Å². The molecule has 1 fully saturated rings. The molecule has 2 aliphatic rings. The van der Waals surface area contributed by atoms with E-state index < -0.39 is 5.60 Å².